The normalized spacial score (nSPS) is 11.5. The van der Waals surface area contributed by atoms with Crippen molar-refractivity contribution in [3.8, 4) is 5.69 Å². The predicted octanol–water partition coefficient (Wildman–Crippen LogP) is 5.68. The van der Waals surface area contributed by atoms with E-state index in [9.17, 15) is 8.78 Å². The Morgan fingerprint density at radius 2 is 1.57 bits per heavy atom. The maximum atomic E-state index is 14.7. The SMILES string of the molecule is Cc1ccc2c(c1)c1cc(C)cc(F)c1n2-c1cccc(F)c1. The molecule has 0 saturated carbocycles. The molecule has 0 aliphatic heterocycles. The van der Waals surface area contributed by atoms with Gasteiger partial charge < -0.3 is 4.57 Å². The van der Waals surface area contributed by atoms with E-state index in [1.54, 1.807) is 16.7 Å². The van der Waals surface area contributed by atoms with Crippen molar-refractivity contribution in [1.82, 2.24) is 4.57 Å². The van der Waals surface area contributed by atoms with Crippen LogP contribution in [0.2, 0.25) is 0 Å². The first kappa shape index (κ1) is 13.9. The molecule has 4 aromatic rings. The molecule has 0 unspecified atom stereocenters. The minimum atomic E-state index is -0.336. The Labute approximate surface area is 132 Å². The highest BCUT2D eigenvalue weighted by Crippen LogP contribution is 2.34. The van der Waals surface area contributed by atoms with Crippen LogP contribution in [-0.4, -0.2) is 4.57 Å². The van der Waals surface area contributed by atoms with Gasteiger partial charge in [-0.05, 0) is 61.9 Å². The lowest BCUT2D eigenvalue weighted by atomic mass is 10.1. The van der Waals surface area contributed by atoms with Gasteiger partial charge in [-0.15, -0.1) is 0 Å². The van der Waals surface area contributed by atoms with Crippen LogP contribution < -0.4 is 0 Å². The fourth-order valence-corrected chi connectivity index (χ4v) is 3.23. The Kier molecular flexibility index (Phi) is 2.98. The molecule has 0 fully saturated rings. The van der Waals surface area contributed by atoms with E-state index in [1.165, 1.54) is 18.2 Å². The molecular formula is C20H15F2N. The van der Waals surface area contributed by atoms with Crippen molar-refractivity contribution in [1.29, 1.82) is 0 Å². The summed E-state index contributed by atoms with van der Waals surface area (Å²) in [5.74, 6) is -0.629. The van der Waals surface area contributed by atoms with Crippen LogP contribution in [0, 0.1) is 25.5 Å². The number of fused-ring (bicyclic) bond motifs is 3. The van der Waals surface area contributed by atoms with Crippen molar-refractivity contribution in [3.63, 3.8) is 0 Å². The number of halogens is 2. The van der Waals surface area contributed by atoms with Crippen LogP contribution in [0.4, 0.5) is 8.78 Å². The van der Waals surface area contributed by atoms with E-state index in [4.69, 9.17) is 0 Å². The van der Waals surface area contributed by atoms with Gasteiger partial charge in [-0.2, -0.15) is 0 Å². The van der Waals surface area contributed by atoms with Crippen LogP contribution in [0.1, 0.15) is 11.1 Å². The topological polar surface area (TPSA) is 4.93 Å². The third-order valence-corrected chi connectivity index (χ3v) is 4.18. The minimum absolute atomic E-state index is 0.293. The Morgan fingerprint density at radius 3 is 2.35 bits per heavy atom. The molecule has 3 aromatic carbocycles. The molecule has 1 aromatic heterocycles. The number of aryl methyl sites for hydroxylation is 2. The fraction of sp³-hybridized carbons (Fsp3) is 0.100. The Morgan fingerprint density at radius 1 is 0.783 bits per heavy atom. The molecule has 0 bridgehead atoms. The molecule has 0 radical (unpaired) electrons. The standard InChI is InChI=1S/C20H15F2N/c1-12-6-7-19-16(8-12)17-9-13(2)10-18(22)20(17)23(19)15-5-3-4-14(21)11-15/h3-11H,1-2H3. The third kappa shape index (κ3) is 2.12. The number of rotatable bonds is 1. The first-order valence-corrected chi connectivity index (χ1v) is 7.51. The van der Waals surface area contributed by atoms with Crippen LogP contribution in [-0.2, 0) is 0 Å². The molecule has 114 valence electrons. The zero-order valence-electron chi connectivity index (χ0n) is 12.9. The van der Waals surface area contributed by atoms with E-state index in [-0.39, 0.29) is 11.6 Å². The first-order valence-electron chi connectivity index (χ1n) is 7.51. The van der Waals surface area contributed by atoms with E-state index in [1.807, 2.05) is 38.1 Å². The third-order valence-electron chi connectivity index (χ3n) is 4.18. The molecule has 3 heteroatoms. The zero-order valence-corrected chi connectivity index (χ0v) is 12.9. The monoisotopic (exact) mass is 307 g/mol. The number of aromatic nitrogens is 1. The van der Waals surface area contributed by atoms with Gasteiger partial charge in [-0.1, -0.05) is 17.7 Å². The van der Waals surface area contributed by atoms with Crippen LogP contribution in [0.3, 0.4) is 0 Å². The smallest absolute Gasteiger partial charge is 0.148 e. The largest absolute Gasteiger partial charge is 0.306 e. The Hall–Kier alpha value is -2.68. The fourth-order valence-electron chi connectivity index (χ4n) is 3.23. The van der Waals surface area contributed by atoms with Gasteiger partial charge in [0.15, 0.2) is 0 Å². The molecule has 0 atom stereocenters. The maximum absolute atomic E-state index is 14.7. The molecule has 1 heterocycles. The van der Waals surface area contributed by atoms with Crippen LogP contribution >= 0.6 is 0 Å². The van der Waals surface area contributed by atoms with Gasteiger partial charge in [0.25, 0.3) is 0 Å². The van der Waals surface area contributed by atoms with Gasteiger partial charge in [-0.25, -0.2) is 8.78 Å². The van der Waals surface area contributed by atoms with Crippen molar-refractivity contribution in [2.75, 3.05) is 0 Å². The molecule has 0 aliphatic rings. The summed E-state index contributed by atoms with van der Waals surface area (Å²) in [4.78, 5) is 0. The van der Waals surface area contributed by atoms with Crippen molar-refractivity contribution in [2.45, 2.75) is 13.8 Å². The summed E-state index contributed by atoms with van der Waals surface area (Å²) in [6.07, 6.45) is 0. The molecule has 0 N–H and O–H groups in total. The van der Waals surface area contributed by atoms with Gasteiger partial charge in [0.1, 0.15) is 11.6 Å². The van der Waals surface area contributed by atoms with Gasteiger partial charge in [0.05, 0.1) is 11.0 Å². The van der Waals surface area contributed by atoms with E-state index < -0.39 is 0 Å². The summed E-state index contributed by atoms with van der Waals surface area (Å²) in [6.45, 7) is 3.89. The van der Waals surface area contributed by atoms with Gasteiger partial charge in [0, 0.05) is 16.5 Å². The van der Waals surface area contributed by atoms with Crippen LogP contribution in [0.25, 0.3) is 27.5 Å². The summed E-state index contributed by atoms with van der Waals surface area (Å²) in [5.41, 5.74) is 3.96. The Bertz CT molecular complexity index is 1060. The molecule has 0 aliphatic carbocycles. The second kappa shape index (κ2) is 4.92. The second-order valence-electron chi connectivity index (χ2n) is 5.98. The van der Waals surface area contributed by atoms with Crippen LogP contribution in [0.5, 0.6) is 0 Å². The van der Waals surface area contributed by atoms with Gasteiger partial charge >= 0.3 is 0 Å². The van der Waals surface area contributed by atoms with E-state index in [0.29, 0.717) is 11.2 Å². The lowest BCUT2D eigenvalue weighted by Gasteiger charge is -2.08. The quantitative estimate of drug-likeness (QED) is 0.426. The highest BCUT2D eigenvalue weighted by molar-refractivity contribution is 6.09. The highest BCUT2D eigenvalue weighted by Gasteiger charge is 2.16. The second-order valence-corrected chi connectivity index (χ2v) is 5.98. The molecule has 0 spiro atoms. The summed E-state index contributed by atoms with van der Waals surface area (Å²) >= 11 is 0. The zero-order chi connectivity index (χ0) is 16.1. The maximum Gasteiger partial charge on any atom is 0.148 e. The summed E-state index contributed by atoms with van der Waals surface area (Å²) in [5, 5.41) is 1.83. The molecular weight excluding hydrogens is 292 g/mol. The number of hydrogen-bond acceptors (Lipinski definition) is 0. The van der Waals surface area contributed by atoms with Crippen LogP contribution in [0.15, 0.2) is 54.6 Å². The highest BCUT2D eigenvalue weighted by atomic mass is 19.1. The summed E-state index contributed by atoms with van der Waals surface area (Å²) in [6, 6.07) is 15.8. The lowest BCUT2D eigenvalue weighted by Crippen LogP contribution is -1.96. The number of benzene rings is 3. The van der Waals surface area contributed by atoms with E-state index >= 15 is 0 Å². The molecule has 0 saturated heterocycles. The molecule has 23 heavy (non-hydrogen) atoms. The van der Waals surface area contributed by atoms with Crippen molar-refractivity contribution < 1.29 is 8.78 Å². The molecule has 0 amide bonds. The first-order chi connectivity index (χ1) is 11.0. The summed E-state index contributed by atoms with van der Waals surface area (Å²) < 4.78 is 30.2. The van der Waals surface area contributed by atoms with Crippen molar-refractivity contribution >= 4 is 21.8 Å². The number of nitrogens with zero attached hydrogens (tertiary/aromatic N) is 1. The Balaban J connectivity index is 2.25. The van der Waals surface area contributed by atoms with Crippen molar-refractivity contribution in [3.05, 3.63) is 77.4 Å². The molecule has 4 rings (SSSR count). The van der Waals surface area contributed by atoms with Gasteiger partial charge in [0.2, 0.25) is 0 Å². The molecule has 1 nitrogen and oxygen atoms in total. The van der Waals surface area contributed by atoms with Gasteiger partial charge in [-0.3, -0.25) is 0 Å². The number of hydrogen-bond donors (Lipinski definition) is 0. The average molecular weight is 307 g/mol. The average Bonchev–Trinajstić information content (AvgIpc) is 2.81. The van der Waals surface area contributed by atoms with Crippen molar-refractivity contribution in [2.24, 2.45) is 0 Å². The van der Waals surface area contributed by atoms with E-state index in [0.717, 1.165) is 27.4 Å². The van der Waals surface area contributed by atoms with E-state index in [2.05, 4.69) is 0 Å². The minimum Gasteiger partial charge on any atom is -0.306 e. The predicted molar refractivity (Wildman–Crippen MR) is 90.2 cm³/mol. The lowest BCUT2D eigenvalue weighted by molar-refractivity contribution is 0.625. The summed E-state index contributed by atoms with van der Waals surface area (Å²) in [7, 11) is 0.